The van der Waals surface area contributed by atoms with Crippen molar-refractivity contribution < 1.29 is 14.6 Å². The highest BCUT2D eigenvalue weighted by atomic mass is 16.5. The highest BCUT2D eigenvalue weighted by Gasteiger charge is 2.24. The van der Waals surface area contributed by atoms with E-state index in [-0.39, 0.29) is 5.69 Å². The minimum absolute atomic E-state index is 0.129. The molecule has 0 spiro atoms. The van der Waals surface area contributed by atoms with Crippen molar-refractivity contribution in [3.8, 4) is 5.88 Å². The average molecular weight is 196 g/mol. The third kappa shape index (κ3) is 1.25. The SMILES string of the molecule is CCc1c(C(=O)O)nn2c1OCCC2. The number of nitrogens with zero attached hydrogens (tertiary/aromatic N) is 2. The highest BCUT2D eigenvalue weighted by Crippen LogP contribution is 2.26. The molecule has 5 nitrogen and oxygen atoms in total. The molecule has 0 unspecified atom stereocenters. The quantitative estimate of drug-likeness (QED) is 0.764. The lowest BCUT2D eigenvalue weighted by Crippen LogP contribution is -2.15. The van der Waals surface area contributed by atoms with Crippen LogP contribution in [0.15, 0.2) is 0 Å². The van der Waals surface area contributed by atoms with Gasteiger partial charge in [-0.2, -0.15) is 5.10 Å². The van der Waals surface area contributed by atoms with Crippen molar-refractivity contribution >= 4 is 5.97 Å². The minimum Gasteiger partial charge on any atom is -0.478 e. The van der Waals surface area contributed by atoms with Crippen LogP contribution in [0.4, 0.5) is 0 Å². The molecule has 0 radical (unpaired) electrons. The molecule has 0 aliphatic carbocycles. The summed E-state index contributed by atoms with van der Waals surface area (Å²) in [5, 5.41) is 12.9. The molecule has 0 saturated heterocycles. The Morgan fingerprint density at radius 2 is 2.50 bits per heavy atom. The van der Waals surface area contributed by atoms with E-state index in [1.54, 1.807) is 4.68 Å². The fourth-order valence-corrected chi connectivity index (χ4v) is 1.67. The normalized spacial score (nSPS) is 14.6. The summed E-state index contributed by atoms with van der Waals surface area (Å²) >= 11 is 0. The molecule has 0 atom stereocenters. The Morgan fingerprint density at radius 1 is 1.71 bits per heavy atom. The smallest absolute Gasteiger partial charge is 0.356 e. The van der Waals surface area contributed by atoms with Gasteiger partial charge in [-0.15, -0.1) is 0 Å². The molecule has 1 aromatic heterocycles. The Balaban J connectivity index is 2.51. The Morgan fingerprint density at radius 3 is 3.14 bits per heavy atom. The van der Waals surface area contributed by atoms with Crippen molar-refractivity contribution in [2.75, 3.05) is 6.61 Å². The number of carboxylic acids is 1. The highest BCUT2D eigenvalue weighted by molar-refractivity contribution is 5.87. The number of fused-ring (bicyclic) bond motifs is 1. The van der Waals surface area contributed by atoms with Gasteiger partial charge in [0, 0.05) is 18.5 Å². The molecule has 1 aliphatic rings. The van der Waals surface area contributed by atoms with Crippen LogP contribution in [0.2, 0.25) is 0 Å². The first-order valence-electron chi connectivity index (χ1n) is 4.69. The average Bonchev–Trinajstić information content (AvgIpc) is 2.56. The Hall–Kier alpha value is -1.52. The van der Waals surface area contributed by atoms with Gasteiger partial charge in [0.15, 0.2) is 5.69 Å². The van der Waals surface area contributed by atoms with E-state index in [4.69, 9.17) is 9.84 Å². The summed E-state index contributed by atoms with van der Waals surface area (Å²) in [7, 11) is 0. The first-order valence-corrected chi connectivity index (χ1v) is 4.69. The standard InChI is InChI=1S/C9H12N2O3/c1-2-6-7(9(12)13)10-11-4-3-5-14-8(6)11/h2-5H2,1H3,(H,12,13). The van der Waals surface area contributed by atoms with Crippen LogP contribution < -0.4 is 4.74 Å². The van der Waals surface area contributed by atoms with Gasteiger partial charge < -0.3 is 9.84 Å². The molecule has 1 N–H and O–H groups in total. The number of hydrogen-bond acceptors (Lipinski definition) is 3. The van der Waals surface area contributed by atoms with Gasteiger partial charge in [-0.3, -0.25) is 0 Å². The molecule has 2 rings (SSSR count). The monoisotopic (exact) mass is 196 g/mol. The Bertz CT molecular complexity index is 370. The summed E-state index contributed by atoms with van der Waals surface area (Å²) in [6.45, 7) is 3.30. The van der Waals surface area contributed by atoms with E-state index in [9.17, 15) is 4.79 Å². The van der Waals surface area contributed by atoms with Crippen LogP contribution >= 0.6 is 0 Å². The number of aromatic carboxylic acids is 1. The summed E-state index contributed by atoms with van der Waals surface area (Å²) in [4.78, 5) is 10.9. The van der Waals surface area contributed by atoms with Gasteiger partial charge in [0.25, 0.3) is 0 Å². The third-order valence-electron chi connectivity index (χ3n) is 2.31. The second-order valence-electron chi connectivity index (χ2n) is 3.22. The van der Waals surface area contributed by atoms with E-state index in [0.29, 0.717) is 24.5 Å². The molecule has 0 fully saturated rings. The second kappa shape index (κ2) is 3.32. The number of hydrogen-bond donors (Lipinski definition) is 1. The lowest BCUT2D eigenvalue weighted by molar-refractivity contribution is 0.0688. The van der Waals surface area contributed by atoms with Crippen molar-refractivity contribution in [3.63, 3.8) is 0 Å². The zero-order valence-electron chi connectivity index (χ0n) is 7.99. The van der Waals surface area contributed by atoms with Crippen molar-refractivity contribution in [2.45, 2.75) is 26.3 Å². The lowest BCUT2D eigenvalue weighted by atomic mass is 10.2. The minimum atomic E-state index is -0.979. The second-order valence-corrected chi connectivity index (χ2v) is 3.22. The molecule has 0 aromatic carbocycles. The van der Waals surface area contributed by atoms with Crippen molar-refractivity contribution in [2.24, 2.45) is 0 Å². The van der Waals surface area contributed by atoms with E-state index in [2.05, 4.69) is 5.10 Å². The van der Waals surface area contributed by atoms with E-state index in [0.717, 1.165) is 13.0 Å². The molecule has 76 valence electrons. The van der Waals surface area contributed by atoms with Crippen molar-refractivity contribution in [1.29, 1.82) is 0 Å². The van der Waals surface area contributed by atoms with E-state index >= 15 is 0 Å². The summed E-state index contributed by atoms with van der Waals surface area (Å²) < 4.78 is 7.06. The van der Waals surface area contributed by atoms with Crippen LogP contribution in [-0.4, -0.2) is 27.5 Å². The third-order valence-corrected chi connectivity index (χ3v) is 2.31. The Kier molecular flexibility index (Phi) is 2.15. The van der Waals surface area contributed by atoms with Gasteiger partial charge in [0.1, 0.15) is 0 Å². The molecule has 2 heterocycles. The molecule has 5 heteroatoms. The predicted molar refractivity (Wildman–Crippen MR) is 48.7 cm³/mol. The molecule has 1 aliphatic heterocycles. The molecule has 1 aromatic rings. The van der Waals surface area contributed by atoms with Crippen molar-refractivity contribution in [1.82, 2.24) is 9.78 Å². The van der Waals surface area contributed by atoms with Gasteiger partial charge in [-0.1, -0.05) is 6.92 Å². The zero-order valence-corrected chi connectivity index (χ0v) is 7.99. The fraction of sp³-hybridized carbons (Fsp3) is 0.556. The number of ether oxygens (including phenoxy) is 1. The molecular formula is C9H12N2O3. The van der Waals surface area contributed by atoms with Crippen LogP contribution in [0.1, 0.15) is 29.4 Å². The molecule has 0 saturated carbocycles. The first kappa shape index (κ1) is 9.05. The molecule has 0 bridgehead atoms. The number of carboxylic acid groups (broad SMARTS) is 1. The maximum atomic E-state index is 10.9. The summed E-state index contributed by atoms with van der Waals surface area (Å²) in [5.74, 6) is -0.344. The van der Waals surface area contributed by atoms with E-state index < -0.39 is 5.97 Å². The Labute approximate surface area is 81.3 Å². The van der Waals surface area contributed by atoms with Gasteiger partial charge in [0.05, 0.1) is 6.61 Å². The first-order chi connectivity index (χ1) is 6.74. The van der Waals surface area contributed by atoms with Gasteiger partial charge in [0.2, 0.25) is 5.88 Å². The van der Waals surface area contributed by atoms with E-state index in [1.807, 2.05) is 6.92 Å². The summed E-state index contributed by atoms with van der Waals surface area (Å²) in [5.41, 5.74) is 0.835. The number of aryl methyl sites for hydroxylation is 1. The maximum Gasteiger partial charge on any atom is 0.356 e. The predicted octanol–water partition coefficient (Wildman–Crippen LogP) is 0.926. The number of carbonyl (C=O) groups is 1. The number of rotatable bonds is 2. The number of aromatic nitrogens is 2. The molecule has 14 heavy (non-hydrogen) atoms. The van der Waals surface area contributed by atoms with Crippen LogP contribution in [0.5, 0.6) is 5.88 Å². The van der Waals surface area contributed by atoms with Gasteiger partial charge >= 0.3 is 5.97 Å². The zero-order chi connectivity index (χ0) is 10.1. The van der Waals surface area contributed by atoms with Crippen molar-refractivity contribution in [3.05, 3.63) is 11.3 Å². The summed E-state index contributed by atoms with van der Waals surface area (Å²) in [6.07, 6.45) is 1.52. The molecule has 0 amide bonds. The van der Waals surface area contributed by atoms with Crippen LogP contribution in [-0.2, 0) is 13.0 Å². The fourth-order valence-electron chi connectivity index (χ4n) is 1.67. The van der Waals surface area contributed by atoms with E-state index in [1.165, 1.54) is 0 Å². The topological polar surface area (TPSA) is 64.3 Å². The molecular weight excluding hydrogens is 184 g/mol. The van der Waals surface area contributed by atoms with Gasteiger partial charge in [-0.25, -0.2) is 9.48 Å². The lowest BCUT2D eigenvalue weighted by Gasteiger charge is -2.15. The maximum absolute atomic E-state index is 10.9. The van der Waals surface area contributed by atoms with Crippen LogP contribution in [0.25, 0.3) is 0 Å². The largest absolute Gasteiger partial charge is 0.478 e. The van der Waals surface area contributed by atoms with Crippen LogP contribution in [0, 0.1) is 0 Å². The summed E-state index contributed by atoms with van der Waals surface area (Å²) in [6, 6.07) is 0. The van der Waals surface area contributed by atoms with Gasteiger partial charge in [-0.05, 0) is 6.42 Å². The van der Waals surface area contributed by atoms with Crippen LogP contribution in [0.3, 0.4) is 0 Å².